The fraction of sp³-hybridized carbons (Fsp3) is 0.176. The van der Waals surface area contributed by atoms with Crippen LogP contribution < -0.4 is 5.32 Å². The Labute approximate surface area is 154 Å². The van der Waals surface area contributed by atoms with E-state index in [0.29, 0.717) is 15.9 Å². The van der Waals surface area contributed by atoms with E-state index in [2.05, 4.69) is 20.5 Å². The average molecular weight is 374 g/mol. The minimum Gasteiger partial charge on any atom is -0.325 e. The van der Waals surface area contributed by atoms with Gasteiger partial charge in [0, 0.05) is 35.7 Å². The second-order valence-corrected chi connectivity index (χ2v) is 7.11. The van der Waals surface area contributed by atoms with E-state index >= 15 is 0 Å². The van der Waals surface area contributed by atoms with Gasteiger partial charge in [-0.1, -0.05) is 29.4 Å². The Morgan fingerprint density at radius 3 is 2.72 bits per heavy atom. The molecule has 1 unspecified atom stereocenters. The highest BCUT2D eigenvalue weighted by molar-refractivity contribution is 8.00. The summed E-state index contributed by atoms with van der Waals surface area (Å²) in [5.74, 6) is 0.605. The monoisotopic (exact) mass is 373 g/mol. The smallest absolute Gasteiger partial charge is 0.237 e. The molecular weight excluding hydrogens is 358 g/mol. The van der Waals surface area contributed by atoms with Crippen LogP contribution in [-0.2, 0) is 11.8 Å². The zero-order valence-corrected chi connectivity index (χ0v) is 15.3. The van der Waals surface area contributed by atoms with Gasteiger partial charge in [0.15, 0.2) is 11.0 Å². The quantitative estimate of drug-likeness (QED) is 0.691. The molecule has 0 aliphatic carbocycles. The molecule has 1 atom stereocenters. The third kappa shape index (κ3) is 4.18. The molecule has 0 aliphatic heterocycles. The van der Waals surface area contributed by atoms with Gasteiger partial charge in [0.2, 0.25) is 5.91 Å². The predicted octanol–water partition coefficient (Wildman–Crippen LogP) is 3.65. The molecule has 6 nitrogen and oxygen atoms in total. The Kier molecular flexibility index (Phi) is 5.35. The third-order valence-electron chi connectivity index (χ3n) is 3.52. The number of hydrogen-bond acceptors (Lipinski definition) is 5. The van der Waals surface area contributed by atoms with E-state index in [-0.39, 0.29) is 11.2 Å². The molecule has 3 aromatic rings. The number of aromatic nitrogens is 4. The van der Waals surface area contributed by atoms with Crippen LogP contribution in [0.1, 0.15) is 6.92 Å². The number of halogens is 1. The summed E-state index contributed by atoms with van der Waals surface area (Å²) in [6.07, 6.45) is 3.41. The van der Waals surface area contributed by atoms with Gasteiger partial charge in [0.1, 0.15) is 0 Å². The van der Waals surface area contributed by atoms with Crippen molar-refractivity contribution in [1.82, 2.24) is 19.7 Å². The lowest BCUT2D eigenvalue weighted by Crippen LogP contribution is -2.22. The van der Waals surface area contributed by atoms with Crippen molar-refractivity contribution in [3.8, 4) is 11.4 Å². The maximum absolute atomic E-state index is 12.4. The molecule has 1 aromatic carbocycles. The van der Waals surface area contributed by atoms with Gasteiger partial charge < -0.3 is 9.88 Å². The van der Waals surface area contributed by atoms with Crippen molar-refractivity contribution in [1.29, 1.82) is 0 Å². The first kappa shape index (κ1) is 17.4. The minimum atomic E-state index is -0.341. The maximum atomic E-state index is 12.4. The van der Waals surface area contributed by atoms with Crippen LogP contribution in [0.5, 0.6) is 0 Å². The average Bonchev–Trinajstić information content (AvgIpc) is 2.96. The largest absolute Gasteiger partial charge is 0.325 e. The third-order valence-corrected chi connectivity index (χ3v) is 4.89. The van der Waals surface area contributed by atoms with Gasteiger partial charge in [0.05, 0.1) is 5.25 Å². The van der Waals surface area contributed by atoms with E-state index in [1.165, 1.54) is 11.8 Å². The van der Waals surface area contributed by atoms with Crippen molar-refractivity contribution in [2.45, 2.75) is 17.3 Å². The lowest BCUT2D eigenvalue weighted by molar-refractivity contribution is -0.115. The summed E-state index contributed by atoms with van der Waals surface area (Å²) < 4.78 is 1.86. The molecule has 0 fully saturated rings. The molecular formula is C17H16ClN5OS. The number of pyridine rings is 1. The standard InChI is InChI=1S/C17H16ClN5OS/c1-11(16(24)20-14-5-3-4-13(18)10-14)25-17-22-21-15(23(17)2)12-6-8-19-9-7-12/h3-11H,1-2H3,(H,20,24). The number of rotatable bonds is 5. The van der Waals surface area contributed by atoms with Gasteiger partial charge in [-0.2, -0.15) is 0 Å². The molecule has 25 heavy (non-hydrogen) atoms. The van der Waals surface area contributed by atoms with Crippen molar-refractivity contribution in [2.24, 2.45) is 7.05 Å². The second-order valence-electron chi connectivity index (χ2n) is 5.36. The summed E-state index contributed by atoms with van der Waals surface area (Å²) in [6.45, 7) is 1.82. The van der Waals surface area contributed by atoms with Gasteiger partial charge in [0.25, 0.3) is 0 Å². The van der Waals surface area contributed by atoms with Crippen molar-refractivity contribution < 1.29 is 4.79 Å². The lowest BCUT2D eigenvalue weighted by Gasteiger charge is -2.12. The molecule has 1 N–H and O–H groups in total. The Hall–Kier alpha value is -2.38. The van der Waals surface area contributed by atoms with Crippen LogP contribution in [0.25, 0.3) is 11.4 Å². The molecule has 2 aromatic heterocycles. The van der Waals surface area contributed by atoms with Crippen LogP contribution in [-0.4, -0.2) is 30.9 Å². The second kappa shape index (κ2) is 7.67. The van der Waals surface area contributed by atoms with Gasteiger partial charge >= 0.3 is 0 Å². The van der Waals surface area contributed by atoms with Crippen LogP contribution in [0.15, 0.2) is 53.9 Å². The zero-order valence-electron chi connectivity index (χ0n) is 13.7. The normalized spacial score (nSPS) is 12.0. The fourth-order valence-electron chi connectivity index (χ4n) is 2.19. The summed E-state index contributed by atoms with van der Waals surface area (Å²) in [6, 6.07) is 10.8. The summed E-state index contributed by atoms with van der Waals surface area (Å²) in [7, 11) is 1.87. The Morgan fingerprint density at radius 2 is 2.00 bits per heavy atom. The zero-order chi connectivity index (χ0) is 17.8. The van der Waals surface area contributed by atoms with E-state index in [1.807, 2.05) is 30.7 Å². The number of carbonyl (C=O) groups is 1. The number of anilines is 1. The van der Waals surface area contributed by atoms with Gasteiger partial charge in [-0.25, -0.2) is 0 Å². The van der Waals surface area contributed by atoms with Gasteiger partial charge in [-0.3, -0.25) is 9.78 Å². The molecule has 128 valence electrons. The van der Waals surface area contributed by atoms with E-state index < -0.39 is 0 Å². The van der Waals surface area contributed by atoms with Crippen LogP contribution in [0, 0.1) is 0 Å². The molecule has 1 amide bonds. The topological polar surface area (TPSA) is 72.7 Å². The molecule has 0 saturated carbocycles. The predicted molar refractivity (Wildman–Crippen MR) is 99.6 cm³/mol. The first-order chi connectivity index (χ1) is 12.0. The van der Waals surface area contributed by atoms with E-state index in [4.69, 9.17) is 11.6 Å². The molecule has 0 bridgehead atoms. The van der Waals surface area contributed by atoms with Crippen molar-refractivity contribution >= 4 is 35.0 Å². The van der Waals surface area contributed by atoms with Crippen molar-refractivity contribution in [3.63, 3.8) is 0 Å². The summed E-state index contributed by atoms with van der Waals surface area (Å²) >= 11 is 7.28. The van der Waals surface area contributed by atoms with E-state index in [9.17, 15) is 4.79 Å². The Morgan fingerprint density at radius 1 is 1.24 bits per heavy atom. The van der Waals surface area contributed by atoms with E-state index in [1.54, 1.807) is 36.7 Å². The molecule has 0 spiro atoms. The summed E-state index contributed by atoms with van der Waals surface area (Å²) in [5.41, 5.74) is 1.59. The number of benzene rings is 1. The van der Waals surface area contributed by atoms with Gasteiger partial charge in [-0.05, 0) is 37.3 Å². The maximum Gasteiger partial charge on any atom is 0.237 e. The molecule has 0 aliphatic rings. The molecule has 8 heteroatoms. The van der Waals surface area contributed by atoms with Crippen molar-refractivity contribution in [3.05, 3.63) is 53.8 Å². The minimum absolute atomic E-state index is 0.124. The molecule has 3 rings (SSSR count). The van der Waals surface area contributed by atoms with Gasteiger partial charge in [-0.15, -0.1) is 10.2 Å². The Bertz CT molecular complexity index is 884. The number of hydrogen-bond donors (Lipinski definition) is 1. The van der Waals surface area contributed by atoms with Crippen LogP contribution in [0.3, 0.4) is 0 Å². The highest BCUT2D eigenvalue weighted by Gasteiger charge is 2.19. The summed E-state index contributed by atoms with van der Waals surface area (Å²) in [4.78, 5) is 16.4. The highest BCUT2D eigenvalue weighted by Crippen LogP contribution is 2.26. The SMILES string of the molecule is CC(Sc1nnc(-c2ccncc2)n1C)C(=O)Nc1cccc(Cl)c1. The lowest BCUT2D eigenvalue weighted by atomic mass is 10.2. The van der Waals surface area contributed by atoms with Crippen LogP contribution in [0.2, 0.25) is 5.02 Å². The number of thioether (sulfide) groups is 1. The number of amides is 1. The molecule has 0 saturated heterocycles. The number of nitrogens with one attached hydrogen (secondary N) is 1. The number of nitrogens with zero attached hydrogens (tertiary/aromatic N) is 4. The highest BCUT2D eigenvalue weighted by atomic mass is 35.5. The Balaban J connectivity index is 1.70. The summed E-state index contributed by atoms with van der Waals surface area (Å²) in [5, 5.41) is 12.2. The molecule has 0 radical (unpaired) electrons. The first-order valence-corrected chi connectivity index (χ1v) is 8.83. The number of carbonyl (C=O) groups excluding carboxylic acids is 1. The van der Waals surface area contributed by atoms with Crippen molar-refractivity contribution in [2.75, 3.05) is 5.32 Å². The molecule has 2 heterocycles. The van der Waals surface area contributed by atoms with E-state index in [0.717, 1.165) is 11.4 Å². The fourth-order valence-corrected chi connectivity index (χ4v) is 3.20. The van der Waals surface area contributed by atoms with Crippen LogP contribution in [0.4, 0.5) is 5.69 Å². The van der Waals surface area contributed by atoms with Crippen LogP contribution >= 0.6 is 23.4 Å². The first-order valence-electron chi connectivity index (χ1n) is 7.57.